The lowest BCUT2D eigenvalue weighted by Gasteiger charge is -2.06. The number of anilines is 1. The molecule has 82 valence electrons. The van der Waals surface area contributed by atoms with E-state index in [1.165, 1.54) is 6.07 Å². The van der Waals surface area contributed by atoms with Gasteiger partial charge in [0.15, 0.2) is 0 Å². The van der Waals surface area contributed by atoms with E-state index >= 15 is 0 Å². The van der Waals surface area contributed by atoms with Gasteiger partial charge in [0.2, 0.25) is 0 Å². The van der Waals surface area contributed by atoms with E-state index in [4.69, 9.17) is 5.73 Å². The van der Waals surface area contributed by atoms with Crippen molar-refractivity contribution in [3.8, 4) is 11.1 Å². The Kier molecular flexibility index (Phi) is 2.60. The van der Waals surface area contributed by atoms with E-state index in [0.717, 1.165) is 17.7 Å². The van der Waals surface area contributed by atoms with Crippen molar-refractivity contribution in [1.82, 2.24) is 0 Å². The van der Waals surface area contributed by atoms with Crippen molar-refractivity contribution in [1.29, 1.82) is 0 Å². The molecule has 0 aliphatic carbocycles. The van der Waals surface area contributed by atoms with Gasteiger partial charge in [0.05, 0.1) is 0 Å². The van der Waals surface area contributed by atoms with Crippen molar-refractivity contribution in [3.63, 3.8) is 0 Å². The van der Waals surface area contributed by atoms with Crippen LogP contribution in [-0.2, 0) is 0 Å². The van der Waals surface area contributed by atoms with Gasteiger partial charge in [-0.2, -0.15) is 0 Å². The summed E-state index contributed by atoms with van der Waals surface area (Å²) in [5.41, 5.74) is 8.03. The van der Waals surface area contributed by atoms with Crippen LogP contribution in [0.25, 0.3) is 11.1 Å². The monoisotopic (exact) mass is 219 g/mol. The number of rotatable bonds is 1. The first-order chi connectivity index (χ1) is 7.58. The highest BCUT2D eigenvalue weighted by Gasteiger charge is 2.07. The maximum Gasteiger partial charge on any atom is 0.131 e. The number of benzene rings is 2. The van der Waals surface area contributed by atoms with Gasteiger partial charge in [0, 0.05) is 11.3 Å². The van der Waals surface area contributed by atoms with Crippen LogP contribution >= 0.6 is 0 Å². The van der Waals surface area contributed by atoms with Crippen LogP contribution < -0.4 is 5.73 Å². The maximum absolute atomic E-state index is 13.5. The first-order valence-electron chi connectivity index (χ1n) is 4.89. The van der Waals surface area contributed by atoms with E-state index in [-0.39, 0.29) is 5.56 Å². The highest BCUT2D eigenvalue weighted by molar-refractivity contribution is 5.69. The Morgan fingerprint density at radius 1 is 1.00 bits per heavy atom. The van der Waals surface area contributed by atoms with E-state index in [2.05, 4.69) is 0 Å². The summed E-state index contributed by atoms with van der Waals surface area (Å²) in [6.45, 7) is 1.86. The first kappa shape index (κ1) is 10.6. The molecule has 0 spiro atoms. The van der Waals surface area contributed by atoms with Crippen LogP contribution in [0.5, 0.6) is 0 Å². The lowest BCUT2D eigenvalue weighted by atomic mass is 10.0. The highest BCUT2D eigenvalue weighted by atomic mass is 19.1. The van der Waals surface area contributed by atoms with E-state index in [1.807, 2.05) is 6.92 Å². The molecule has 0 unspecified atom stereocenters. The molecule has 0 bridgehead atoms. The Bertz CT molecular complexity index is 535. The second-order valence-electron chi connectivity index (χ2n) is 3.70. The summed E-state index contributed by atoms with van der Waals surface area (Å²) in [5.74, 6) is -0.916. The zero-order valence-electron chi connectivity index (χ0n) is 8.80. The third-order valence-electron chi connectivity index (χ3n) is 2.52. The van der Waals surface area contributed by atoms with Crippen LogP contribution in [0.3, 0.4) is 0 Å². The van der Waals surface area contributed by atoms with Crippen molar-refractivity contribution in [3.05, 3.63) is 53.6 Å². The minimum absolute atomic E-state index is 0.228. The summed E-state index contributed by atoms with van der Waals surface area (Å²) in [4.78, 5) is 0. The molecule has 0 atom stereocenters. The predicted molar refractivity (Wildman–Crippen MR) is 60.9 cm³/mol. The molecule has 2 N–H and O–H groups in total. The Morgan fingerprint density at radius 3 is 2.44 bits per heavy atom. The molecule has 3 heteroatoms. The minimum Gasteiger partial charge on any atom is -0.398 e. The largest absolute Gasteiger partial charge is 0.398 e. The standard InChI is InChI=1S/C13H11F2N/c1-8-2-3-9(6-13(8)16)11-7-10(14)4-5-12(11)15/h2-7H,16H2,1H3. The summed E-state index contributed by atoms with van der Waals surface area (Å²) in [6.07, 6.45) is 0. The highest BCUT2D eigenvalue weighted by Crippen LogP contribution is 2.26. The molecule has 2 aromatic carbocycles. The van der Waals surface area contributed by atoms with Crippen LogP contribution in [0.1, 0.15) is 5.56 Å². The summed E-state index contributed by atoms with van der Waals surface area (Å²) in [5, 5.41) is 0. The fourth-order valence-electron chi connectivity index (χ4n) is 1.53. The van der Waals surface area contributed by atoms with Gasteiger partial charge in [-0.25, -0.2) is 8.78 Å². The summed E-state index contributed by atoms with van der Waals surface area (Å²) >= 11 is 0. The van der Waals surface area contributed by atoms with Crippen molar-refractivity contribution in [2.45, 2.75) is 6.92 Å². The van der Waals surface area contributed by atoms with Gasteiger partial charge < -0.3 is 5.73 Å². The summed E-state index contributed by atoms with van der Waals surface area (Å²) < 4.78 is 26.5. The van der Waals surface area contributed by atoms with Crippen molar-refractivity contribution < 1.29 is 8.78 Å². The van der Waals surface area contributed by atoms with E-state index in [0.29, 0.717) is 11.3 Å². The van der Waals surface area contributed by atoms with E-state index < -0.39 is 11.6 Å². The molecule has 0 fully saturated rings. The fraction of sp³-hybridized carbons (Fsp3) is 0.0769. The lowest BCUT2D eigenvalue weighted by Crippen LogP contribution is -1.92. The van der Waals surface area contributed by atoms with Gasteiger partial charge in [-0.3, -0.25) is 0 Å². The van der Waals surface area contributed by atoms with Gasteiger partial charge in [-0.1, -0.05) is 12.1 Å². The molecule has 0 aliphatic rings. The molecular weight excluding hydrogens is 208 g/mol. The SMILES string of the molecule is Cc1ccc(-c2cc(F)ccc2F)cc1N. The first-order valence-corrected chi connectivity index (χ1v) is 4.89. The Morgan fingerprint density at radius 2 is 1.75 bits per heavy atom. The quantitative estimate of drug-likeness (QED) is 0.729. The number of nitrogens with two attached hydrogens (primary N) is 1. The second-order valence-corrected chi connectivity index (χ2v) is 3.70. The molecular formula is C13H11F2N. The third kappa shape index (κ3) is 1.89. The molecule has 0 heterocycles. The van der Waals surface area contributed by atoms with Crippen LogP contribution in [0.15, 0.2) is 36.4 Å². The smallest absolute Gasteiger partial charge is 0.131 e. The number of hydrogen-bond donors (Lipinski definition) is 1. The molecule has 0 amide bonds. The van der Waals surface area contributed by atoms with E-state index in [1.54, 1.807) is 18.2 Å². The molecule has 16 heavy (non-hydrogen) atoms. The normalized spacial score (nSPS) is 10.4. The predicted octanol–water partition coefficient (Wildman–Crippen LogP) is 3.52. The molecule has 0 radical (unpaired) electrons. The zero-order chi connectivity index (χ0) is 11.7. The van der Waals surface area contributed by atoms with Gasteiger partial charge in [0.1, 0.15) is 11.6 Å². The van der Waals surface area contributed by atoms with Gasteiger partial charge in [-0.15, -0.1) is 0 Å². The van der Waals surface area contributed by atoms with Crippen molar-refractivity contribution >= 4 is 5.69 Å². The topological polar surface area (TPSA) is 26.0 Å². The average molecular weight is 219 g/mol. The summed E-state index contributed by atoms with van der Waals surface area (Å²) in [7, 11) is 0. The van der Waals surface area contributed by atoms with Gasteiger partial charge in [-0.05, 0) is 42.3 Å². The van der Waals surface area contributed by atoms with E-state index in [9.17, 15) is 8.78 Å². The molecule has 1 nitrogen and oxygen atoms in total. The second kappa shape index (κ2) is 3.93. The molecule has 0 aromatic heterocycles. The molecule has 0 saturated heterocycles. The molecule has 0 aliphatic heterocycles. The van der Waals surface area contributed by atoms with Crippen LogP contribution in [0, 0.1) is 18.6 Å². The maximum atomic E-state index is 13.5. The third-order valence-corrected chi connectivity index (χ3v) is 2.52. The number of nitrogen functional groups attached to an aromatic ring is 1. The Hall–Kier alpha value is -1.90. The number of halogens is 2. The average Bonchev–Trinajstić information content (AvgIpc) is 2.26. The number of hydrogen-bond acceptors (Lipinski definition) is 1. The van der Waals surface area contributed by atoms with Crippen molar-refractivity contribution in [2.75, 3.05) is 5.73 Å². The molecule has 2 aromatic rings. The van der Waals surface area contributed by atoms with Crippen molar-refractivity contribution in [2.24, 2.45) is 0 Å². The molecule has 2 rings (SSSR count). The van der Waals surface area contributed by atoms with Gasteiger partial charge >= 0.3 is 0 Å². The van der Waals surface area contributed by atoms with Crippen LogP contribution in [0.4, 0.5) is 14.5 Å². The number of aryl methyl sites for hydroxylation is 1. The minimum atomic E-state index is -0.462. The van der Waals surface area contributed by atoms with Crippen LogP contribution in [0.2, 0.25) is 0 Å². The fourth-order valence-corrected chi connectivity index (χ4v) is 1.53. The lowest BCUT2D eigenvalue weighted by molar-refractivity contribution is 0.603. The molecule has 0 saturated carbocycles. The van der Waals surface area contributed by atoms with Gasteiger partial charge in [0.25, 0.3) is 0 Å². The Labute approximate surface area is 92.5 Å². The Balaban J connectivity index is 2.58. The van der Waals surface area contributed by atoms with Crippen LogP contribution in [-0.4, -0.2) is 0 Å². The summed E-state index contributed by atoms with van der Waals surface area (Å²) in [6, 6.07) is 8.53. The zero-order valence-corrected chi connectivity index (χ0v) is 8.80.